The van der Waals surface area contributed by atoms with Crippen LogP contribution in [0.5, 0.6) is 5.75 Å². The molecule has 1 saturated heterocycles. The van der Waals surface area contributed by atoms with Crippen LogP contribution in [0, 0.1) is 17.8 Å². The minimum Gasteiger partial charge on any atom is -0.508 e. The molecule has 4 N–H and O–H groups in total. The molecule has 1 aliphatic heterocycles. The maximum Gasteiger partial charge on any atom is 0.326 e. The summed E-state index contributed by atoms with van der Waals surface area (Å²) in [5.74, 6) is -2.37. The van der Waals surface area contributed by atoms with Crippen LogP contribution in [-0.2, 0) is 20.8 Å². The van der Waals surface area contributed by atoms with Gasteiger partial charge in [0.1, 0.15) is 11.8 Å². The molecule has 194 valence electrons. The number of nitrogens with zero attached hydrogens (tertiary/aromatic N) is 1. The van der Waals surface area contributed by atoms with Gasteiger partial charge >= 0.3 is 11.9 Å². The predicted molar refractivity (Wildman–Crippen MR) is 135 cm³/mol. The Balaban J connectivity index is 1.87. The molecule has 3 rings (SSSR count). The van der Waals surface area contributed by atoms with Gasteiger partial charge in [-0.05, 0) is 60.9 Å². The maximum absolute atomic E-state index is 13.4. The lowest BCUT2D eigenvalue weighted by Gasteiger charge is -2.45. The van der Waals surface area contributed by atoms with Crippen LogP contribution in [0.4, 0.5) is 0 Å². The number of hydrogen-bond acceptors (Lipinski definition) is 5. The van der Waals surface area contributed by atoms with E-state index in [4.69, 9.17) is 5.11 Å². The third-order valence-electron chi connectivity index (χ3n) is 7.28. The number of amides is 1. The van der Waals surface area contributed by atoms with E-state index in [1.807, 2.05) is 42.5 Å². The van der Waals surface area contributed by atoms with Crippen LogP contribution in [-0.4, -0.2) is 57.2 Å². The van der Waals surface area contributed by atoms with Crippen molar-refractivity contribution >= 4 is 17.8 Å². The molecule has 8 nitrogen and oxygen atoms in total. The van der Waals surface area contributed by atoms with E-state index in [1.54, 1.807) is 12.1 Å². The molecule has 1 heterocycles. The van der Waals surface area contributed by atoms with Gasteiger partial charge in [-0.25, -0.2) is 4.79 Å². The average Bonchev–Trinajstić information content (AvgIpc) is 2.84. The van der Waals surface area contributed by atoms with Crippen LogP contribution in [0.15, 0.2) is 54.6 Å². The SMILES string of the molecule is C[C@@H]1CCN(C[C@H](Cc2ccccc2)C(=O)N[C@@H](CCC(=O)O)C(=O)O)C(c2cccc(O)c2)[C@@H]1C. The number of carbonyl (C=O) groups excluding carboxylic acids is 1. The third-order valence-corrected chi connectivity index (χ3v) is 7.28. The molecule has 0 aliphatic carbocycles. The maximum atomic E-state index is 13.4. The zero-order valence-electron chi connectivity index (χ0n) is 20.8. The first-order valence-electron chi connectivity index (χ1n) is 12.5. The van der Waals surface area contributed by atoms with Gasteiger partial charge in [-0.3, -0.25) is 14.5 Å². The van der Waals surface area contributed by atoms with Crippen molar-refractivity contribution in [1.29, 1.82) is 0 Å². The number of piperidine rings is 1. The smallest absolute Gasteiger partial charge is 0.326 e. The molecule has 1 aliphatic rings. The molecule has 8 heteroatoms. The molecule has 36 heavy (non-hydrogen) atoms. The quantitative estimate of drug-likeness (QED) is 0.373. The summed E-state index contributed by atoms with van der Waals surface area (Å²) in [6, 6.07) is 15.5. The molecular formula is C28H36N2O6. The van der Waals surface area contributed by atoms with Gasteiger partial charge in [0, 0.05) is 19.0 Å². The Labute approximate surface area is 211 Å². The van der Waals surface area contributed by atoms with Gasteiger partial charge in [0.2, 0.25) is 5.91 Å². The summed E-state index contributed by atoms with van der Waals surface area (Å²) in [6.45, 7) is 5.57. The normalized spacial score (nSPS) is 21.9. The summed E-state index contributed by atoms with van der Waals surface area (Å²) in [6.07, 6.45) is 0.859. The van der Waals surface area contributed by atoms with Gasteiger partial charge in [-0.2, -0.15) is 0 Å². The van der Waals surface area contributed by atoms with Crippen molar-refractivity contribution in [3.63, 3.8) is 0 Å². The van der Waals surface area contributed by atoms with Gasteiger partial charge in [0.05, 0.1) is 5.92 Å². The van der Waals surface area contributed by atoms with E-state index < -0.39 is 29.8 Å². The van der Waals surface area contributed by atoms with Crippen molar-refractivity contribution in [1.82, 2.24) is 10.2 Å². The number of likely N-dealkylation sites (tertiary alicyclic amines) is 1. The Morgan fingerprint density at radius 2 is 1.78 bits per heavy atom. The lowest BCUT2D eigenvalue weighted by molar-refractivity contribution is -0.143. The fraction of sp³-hybridized carbons (Fsp3) is 0.464. The second kappa shape index (κ2) is 12.5. The van der Waals surface area contributed by atoms with Crippen LogP contribution in [0.1, 0.15) is 50.3 Å². The van der Waals surface area contributed by atoms with E-state index in [0.717, 1.165) is 24.1 Å². The lowest BCUT2D eigenvalue weighted by atomic mass is 9.78. The minimum atomic E-state index is -1.27. The van der Waals surface area contributed by atoms with Crippen molar-refractivity contribution in [2.24, 2.45) is 17.8 Å². The average molecular weight is 497 g/mol. The fourth-order valence-corrected chi connectivity index (χ4v) is 5.08. The number of hydrogen-bond donors (Lipinski definition) is 4. The molecular weight excluding hydrogens is 460 g/mol. The van der Waals surface area contributed by atoms with Crippen molar-refractivity contribution in [2.45, 2.75) is 51.6 Å². The van der Waals surface area contributed by atoms with E-state index in [2.05, 4.69) is 24.1 Å². The Morgan fingerprint density at radius 1 is 1.06 bits per heavy atom. The minimum absolute atomic E-state index is 0.00537. The second-order valence-corrected chi connectivity index (χ2v) is 9.88. The zero-order chi connectivity index (χ0) is 26.2. The topological polar surface area (TPSA) is 127 Å². The molecule has 1 amide bonds. The van der Waals surface area contributed by atoms with E-state index in [-0.39, 0.29) is 30.6 Å². The number of aliphatic carboxylic acids is 2. The van der Waals surface area contributed by atoms with Crippen molar-refractivity contribution in [2.75, 3.05) is 13.1 Å². The summed E-state index contributed by atoms with van der Waals surface area (Å²) < 4.78 is 0. The summed E-state index contributed by atoms with van der Waals surface area (Å²) in [7, 11) is 0. The van der Waals surface area contributed by atoms with Gasteiger partial charge < -0.3 is 20.6 Å². The van der Waals surface area contributed by atoms with Crippen molar-refractivity contribution < 1.29 is 29.7 Å². The molecule has 0 saturated carbocycles. The fourth-order valence-electron chi connectivity index (χ4n) is 5.08. The van der Waals surface area contributed by atoms with E-state index in [0.29, 0.717) is 18.9 Å². The molecule has 0 aromatic heterocycles. The first-order valence-corrected chi connectivity index (χ1v) is 12.5. The number of carboxylic acids is 2. The van der Waals surface area contributed by atoms with E-state index in [9.17, 15) is 24.6 Å². The Bertz CT molecular complexity index is 1040. The van der Waals surface area contributed by atoms with Crippen LogP contribution < -0.4 is 5.32 Å². The first-order chi connectivity index (χ1) is 17.2. The second-order valence-electron chi connectivity index (χ2n) is 9.88. The highest BCUT2D eigenvalue weighted by Crippen LogP contribution is 2.40. The Morgan fingerprint density at radius 3 is 2.42 bits per heavy atom. The summed E-state index contributed by atoms with van der Waals surface area (Å²) in [5, 5.41) is 31.2. The summed E-state index contributed by atoms with van der Waals surface area (Å²) in [5.41, 5.74) is 1.94. The molecule has 2 aromatic rings. The van der Waals surface area contributed by atoms with Gasteiger partial charge in [-0.15, -0.1) is 0 Å². The van der Waals surface area contributed by atoms with E-state index >= 15 is 0 Å². The number of nitrogens with one attached hydrogen (secondary N) is 1. The Hall–Kier alpha value is -3.39. The molecule has 0 bridgehead atoms. The molecule has 5 atom stereocenters. The van der Waals surface area contributed by atoms with Crippen LogP contribution in [0.2, 0.25) is 0 Å². The molecule has 2 aromatic carbocycles. The number of rotatable bonds is 11. The molecule has 0 radical (unpaired) electrons. The number of aromatic hydroxyl groups is 1. The largest absolute Gasteiger partial charge is 0.508 e. The predicted octanol–water partition coefficient (Wildman–Crippen LogP) is 3.70. The standard InChI is InChI=1S/C28H36N2O6/c1-18-13-14-30(26(19(18)2)21-9-6-10-23(31)16-21)17-22(15-20-7-4-3-5-8-20)27(34)29-24(28(35)36)11-12-25(32)33/h3-10,16,18-19,22,24,26,31H,11-15,17H2,1-2H3,(H,29,34)(H,32,33)(H,35,36)/t18-,19-,22+,24+,26?/m1/s1. The van der Waals surface area contributed by atoms with Crippen molar-refractivity contribution in [3.8, 4) is 5.75 Å². The van der Waals surface area contributed by atoms with Gasteiger partial charge in [0.25, 0.3) is 0 Å². The van der Waals surface area contributed by atoms with E-state index in [1.165, 1.54) is 0 Å². The van der Waals surface area contributed by atoms with Crippen LogP contribution in [0.25, 0.3) is 0 Å². The number of benzene rings is 2. The van der Waals surface area contributed by atoms with Crippen LogP contribution in [0.3, 0.4) is 0 Å². The number of carboxylic acid groups (broad SMARTS) is 2. The third kappa shape index (κ3) is 7.31. The monoisotopic (exact) mass is 496 g/mol. The number of phenols is 1. The molecule has 0 spiro atoms. The number of carbonyl (C=O) groups is 3. The lowest BCUT2D eigenvalue weighted by Crippen LogP contribution is -2.49. The first kappa shape index (κ1) is 27.2. The summed E-state index contributed by atoms with van der Waals surface area (Å²) >= 11 is 0. The highest BCUT2D eigenvalue weighted by molar-refractivity contribution is 5.85. The van der Waals surface area contributed by atoms with Crippen LogP contribution >= 0.6 is 0 Å². The number of phenolic OH excluding ortho intramolecular Hbond substituents is 1. The molecule has 1 unspecified atom stereocenters. The highest BCUT2D eigenvalue weighted by Gasteiger charge is 2.37. The molecule has 1 fully saturated rings. The highest BCUT2D eigenvalue weighted by atomic mass is 16.4. The van der Waals surface area contributed by atoms with Gasteiger partial charge in [-0.1, -0.05) is 56.3 Å². The van der Waals surface area contributed by atoms with Crippen molar-refractivity contribution in [3.05, 3.63) is 65.7 Å². The zero-order valence-corrected chi connectivity index (χ0v) is 20.8. The summed E-state index contributed by atoms with van der Waals surface area (Å²) in [4.78, 5) is 38.4. The van der Waals surface area contributed by atoms with Gasteiger partial charge in [0.15, 0.2) is 0 Å². The Kier molecular flexibility index (Phi) is 9.47.